The number of anilines is 1. The average Bonchev–Trinajstić information content (AvgIpc) is 3.54. The number of likely N-dealkylation sites (tertiary alicyclic amines) is 1. The smallest absolute Gasteiger partial charge is 0.319 e. The molecule has 1 aliphatic heterocycles. The van der Waals surface area contributed by atoms with Crippen molar-refractivity contribution >= 4 is 29.4 Å². The molecule has 3 aromatic rings. The van der Waals surface area contributed by atoms with Gasteiger partial charge in [-0.15, -0.1) is 0 Å². The molecule has 4 rings (SSSR count). The van der Waals surface area contributed by atoms with Gasteiger partial charge in [-0.3, -0.25) is 14.4 Å². The molecule has 11 nitrogen and oxygen atoms in total. The lowest BCUT2D eigenvalue weighted by molar-refractivity contribution is -0.129. The molecule has 1 saturated heterocycles. The molecule has 3 atom stereocenters. The number of nitrogens with zero attached hydrogens (tertiary/aromatic N) is 2. The van der Waals surface area contributed by atoms with Crippen LogP contribution in [0.4, 0.5) is 10.5 Å². The Labute approximate surface area is 226 Å². The van der Waals surface area contributed by atoms with E-state index in [0.29, 0.717) is 17.1 Å². The summed E-state index contributed by atoms with van der Waals surface area (Å²) in [5, 5.41) is 8.31. The Morgan fingerprint density at radius 3 is 2.49 bits per heavy atom. The standard InChI is InChI=1S/C28H32N6O5/c1-33-13-7-12-23(33)27(37)34-17-20(31-28(38)30-19-10-6-11-21(15-19)39-2)16-24(34)26(36)32-22(25(29)35)14-18-8-4-3-5-9-18/h3-13,15,20,22,24H,14,16-17H2,1-2H3,(H2,29,35)(H,32,36)(H2,30,31,38). The van der Waals surface area contributed by atoms with Gasteiger partial charge in [-0.25, -0.2) is 4.79 Å². The van der Waals surface area contributed by atoms with E-state index in [1.807, 2.05) is 30.3 Å². The summed E-state index contributed by atoms with van der Waals surface area (Å²) in [4.78, 5) is 53.2. The van der Waals surface area contributed by atoms with E-state index in [0.717, 1.165) is 5.56 Å². The Bertz CT molecular complexity index is 1340. The molecule has 3 unspecified atom stereocenters. The van der Waals surface area contributed by atoms with Crippen LogP contribution in [0.1, 0.15) is 22.5 Å². The summed E-state index contributed by atoms with van der Waals surface area (Å²) in [6.45, 7) is 0.105. The Hall–Kier alpha value is -4.80. The van der Waals surface area contributed by atoms with Crippen molar-refractivity contribution in [2.45, 2.75) is 31.0 Å². The van der Waals surface area contributed by atoms with Gasteiger partial charge < -0.3 is 35.9 Å². The molecule has 0 bridgehead atoms. The minimum Gasteiger partial charge on any atom is -0.497 e. The predicted molar refractivity (Wildman–Crippen MR) is 145 cm³/mol. The maximum Gasteiger partial charge on any atom is 0.319 e. The topological polar surface area (TPSA) is 148 Å². The molecule has 2 aromatic carbocycles. The molecular weight excluding hydrogens is 500 g/mol. The summed E-state index contributed by atoms with van der Waals surface area (Å²) in [5.41, 5.74) is 7.35. The number of aryl methyl sites for hydroxylation is 1. The van der Waals surface area contributed by atoms with E-state index in [9.17, 15) is 19.2 Å². The molecule has 39 heavy (non-hydrogen) atoms. The zero-order chi connectivity index (χ0) is 27.9. The monoisotopic (exact) mass is 532 g/mol. The van der Waals surface area contributed by atoms with Gasteiger partial charge in [0.25, 0.3) is 5.91 Å². The van der Waals surface area contributed by atoms with Crippen LogP contribution in [0.5, 0.6) is 5.75 Å². The number of carbonyl (C=O) groups is 4. The fourth-order valence-electron chi connectivity index (χ4n) is 4.64. The molecule has 0 aliphatic carbocycles. The number of carbonyl (C=O) groups excluding carboxylic acids is 4. The minimum atomic E-state index is -0.963. The highest BCUT2D eigenvalue weighted by Gasteiger charge is 2.42. The lowest BCUT2D eigenvalue weighted by atomic mass is 10.0. The van der Waals surface area contributed by atoms with Crippen molar-refractivity contribution in [3.63, 3.8) is 0 Å². The third kappa shape index (κ3) is 6.75. The van der Waals surface area contributed by atoms with Gasteiger partial charge in [0.1, 0.15) is 23.5 Å². The first-order chi connectivity index (χ1) is 18.7. The molecule has 0 spiro atoms. The Balaban J connectivity index is 1.49. The van der Waals surface area contributed by atoms with Crippen LogP contribution in [0, 0.1) is 0 Å². The maximum absolute atomic E-state index is 13.5. The molecule has 1 aliphatic rings. The number of rotatable bonds is 9. The van der Waals surface area contributed by atoms with E-state index in [1.54, 1.807) is 54.2 Å². The minimum absolute atomic E-state index is 0.105. The van der Waals surface area contributed by atoms with Crippen LogP contribution in [-0.4, -0.2) is 65.0 Å². The van der Waals surface area contributed by atoms with Gasteiger partial charge >= 0.3 is 6.03 Å². The molecule has 5 N–H and O–H groups in total. The number of primary amides is 1. The van der Waals surface area contributed by atoms with E-state index in [4.69, 9.17) is 10.5 Å². The lowest BCUT2D eigenvalue weighted by Gasteiger charge is -2.25. The van der Waals surface area contributed by atoms with Gasteiger partial charge in [0.2, 0.25) is 11.8 Å². The number of urea groups is 1. The molecule has 5 amide bonds. The van der Waals surface area contributed by atoms with Crippen molar-refractivity contribution < 1.29 is 23.9 Å². The SMILES string of the molecule is COc1cccc(NC(=O)NC2CC(C(=O)NC(Cc3ccccc3)C(N)=O)N(C(=O)c3cccn3C)C2)c1. The van der Waals surface area contributed by atoms with Crippen LogP contribution in [0.2, 0.25) is 0 Å². The second-order valence-electron chi connectivity index (χ2n) is 9.39. The Kier molecular flexibility index (Phi) is 8.50. The first-order valence-electron chi connectivity index (χ1n) is 12.5. The van der Waals surface area contributed by atoms with Gasteiger partial charge in [0.05, 0.1) is 13.2 Å². The van der Waals surface area contributed by atoms with Crippen LogP contribution in [0.3, 0.4) is 0 Å². The number of benzene rings is 2. The normalized spacial score (nSPS) is 17.2. The summed E-state index contributed by atoms with van der Waals surface area (Å²) in [6, 6.07) is 16.6. The highest BCUT2D eigenvalue weighted by molar-refractivity contribution is 5.98. The first kappa shape index (κ1) is 27.2. The number of amides is 5. The predicted octanol–water partition coefficient (Wildman–Crippen LogP) is 1.65. The number of methoxy groups -OCH3 is 1. The van der Waals surface area contributed by atoms with Gasteiger partial charge in [-0.1, -0.05) is 36.4 Å². The van der Waals surface area contributed by atoms with E-state index in [2.05, 4.69) is 16.0 Å². The zero-order valence-electron chi connectivity index (χ0n) is 21.8. The van der Waals surface area contributed by atoms with Crippen LogP contribution in [0.15, 0.2) is 72.9 Å². The van der Waals surface area contributed by atoms with E-state index in [-0.39, 0.29) is 25.3 Å². The number of nitrogens with one attached hydrogen (secondary N) is 3. The van der Waals surface area contributed by atoms with Crippen LogP contribution < -0.4 is 26.4 Å². The summed E-state index contributed by atoms with van der Waals surface area (Å²) in [6.07, 6.45) is 2.11. The van der Waals surface area contributed by atoms with E-state index in [1.165, 1.54) is 12.0 Å². The van der Waals surface area contributed by atoms with Crippen LogP contribution in [0.25, 0.3) is 0 Å². The first-order valence-corrected chi connectivity index (χ1v) is 12.5. The summed E-state index contributed by atoms with van der Waals surface area (Å²) in [7, 11) is 3.27. The second-order valence-corrected chi connectivity index (χ2v) is 9.39. The van der Waals surface area contributed by atoms with Crippen molar-refractivity contribution in [2.75, 3.05) is 19.0 Å². The molecule has 2 heterocycles. The van der Waals surface area contributed by atoms with Crippen molar-refractivity contribution in [3.8, 4) is 5.75 Å². The summed E-state index contributed by atoms with van der Waals surface area (Å²) in [5.74, 6) is -0.976. The summed E-state index contributed by atoms with van der Waals surface area (Å²) >= 11 is 0. The van der Waals surface area contributed by atoms with Crippen molar-refractivity contribution in [3.05, 3.63) is 84.2 Å². The average molecular weight is 533 g/mol. The Morgan fingerprint density at radius 1 is 1.05 bits per heavy atom. The fourth-order valence-corrected chi connectivity index (χ4v) is 4.64. The number of aromatic nitrogens is 1. The van der Waals surface area contributed by atoms with E-state index >= 15 is 0 Å². The lowest BCUT2D eigenvalue weighted by Crippen LogP contribution is -2.53. The van der Waals surface area contributed by atoms with E-state index < -0.39 is 36.0 Å². The molecular formula is C28H32N6O5. The number of nitrogens with two attached hydrogens (primary N) is 1. The van der Waals surface area contributed by atoms with Crippen molar-refractivity contribution in [1.82, 2.24) is 20.1 Å². The third-order valence-electron chi connectivity index (χ3n) is 6.63. The zero-order valence-corrected chi connectivity index (χ0v) is 21.8. The van der Waals surface area contributed by atoms with Crippen molar-refractivity contribution in [2.24, 2.45) is 12.8 Å². The number of hydrogen-bond acceptors (Lipinski definition) is 5. The number of hydrogen-bond donors (Lipinski definition) is 4. The Morgan fingerprint density at radius 2 is 1.82 bits per heavy atom. The van der Waals surface area contributed by atoms with Crippen molar-refractivity contribution in [1.29, 1.82) is 0 Å². The highest BCUT2D eigenvalue weighted by Crippen LogP contribution is 2.22. The summed E-state index contributed by atoms with van der Waals surface area (Å²) < 4.78 is 6.85. The molecule has 204 valence electrons. The number of ether oxygens (including phenoxy) is 1. The van der Waals surface area contributed by atoms with Crippen LogP contribution >= 0.6 is 0 Å². The highest BCUT2D eigenvalue weighted by atomic mass is 16.5. The maximum atomic E-state index is 13.5. The van der Waals surface area contributed by atoms with Gasteiger partial charge in [-0.2, -0.15) is 0 Å². The third-order valence-corrected chi connectivity index (χ3v) is 6.63. The molecule has 0 saturated carbocycles. The van der Waals surface area contributed by atoms with Crippen LogP contribution in [-0.2, 0) is 23.1 Å². The molecule has 11 heteroatoms. The molecule has 0 radical (unpaired) electrons. The molecule has 1 aromatic heterocycles. The molecule has 1 fully saturated rings. The van der Waals surface area contributed by atoms with Gasteiger partial charge in [0.15, 0.2) is 0 Å². The fraction of sp³-hybridized carbons (Fsp3) is 0.286. The van der Waals surface area contributed by atoms with Gasteiger partial charge in [0, 0.05) is 38.0 Å². The second kappa shape index (κ2) is 12.2. The quantitative estimate of drug-likeness (QED) is 0.331. The largest absolute Gasteiger partial charge is 0.497 e. The van der Waals surface area contributed by atoms with Gasteiger partial charge in [-0.05, 0) is 36.2 Å².